The molecule has 6 heteroatoms. The molecular formula is C18H29ClN2O3. The Morgan fingerprint density at radius 3 is 2.58 bits per heavy atom. The minimum absolute atomic E-state index is 0. The Hall–Kier alpha value is -1.14. The van der Waals surface area contributed by atoms with Gasteiger partial charge < -0.3 is 20.1 Å². The van der Waals surface area contributed by atoms with Crippen LogP contribution < -0.4 is 10.6 Å². The third-order valence-corrected chi connectivity index (χ3v) is 4.34. The molecule has 1 heterocycles. The van der Waals surface area contributed by atoms with E-state index in [4.69, 9.17) is 9.47 Å². The maximum absolute atomic E-state index is 12.3. The summed E-state index contributed by atoms with van der Waals surface area (Å²) in [5.74, 6) is 0.00536. The summed E-state index contributed by atoms with van der Waals surface area (Å²) in [6.07, 6.45) is 3.19. The van der Waals surface area contributed by atoms with Gasteiger partial charge >= 0.3 is 0 Å². The van der Waals surface area contributed by atoms with Gasteiger partial charge in [-0.15, -0.1) is 12.4 Å². The van der Waals surface area contributed by atoms with Crippen LogP contribution in [0.2, 0.25) is 0 Å². The predicted molar refractivity (Wildman–Crippen MR) is 97.7 cm³/mol. The summed E-state index contributed by atoms with van der Waals surface area (Å²) in [6, 6.07) is 10.3. The monoisotopic (exact) mass is 356 g/mol. The number of nitrogens with one attached hydrogen (secondary N) is 2. The molecule has 5 nitrogen and oxygen atoms in total. The summed E-state index contributed by atoms with van der Waals surface area (Å²) in [6.45, 7) is 3.65. The van der Waals surface area contributed by atoms with Crippen molar-refractivity contribution in [2.45, 2.75) is 31.3 Å². The number of hydrogen-bond donors (Lipinski definition) is 2. The van der Waals surface area contributed by atoms with E-state index >= 15 is 0 Å². The summed E-state index contributed by atoms with van der Waals surface area (Å²) >= 11 is 0. The average Bonchev–Trinajstić information content (AvgIpc) is 2.62. The molecule has 1 saturated heterocycles. The van der Waals surface area contributed by atoms with Crippen LogP contribution in [0, 0.1) is 0 Å². The molecule has 0 atom stereocenters. The van der Waals surface area contributed by atoms with Gasteiger partial charge in [-0.25, -0.2) is 0 Å². The summed E-state index contributed by atoms with van der Waals surface area (Å²) in [5.41, 5.74) is 0.633. The topological polar surface area (TPSA) is 59.6 Å². The molecule has 1 amide bonds. The van der Waals surface area contributed by atoms with Crippen LogP contribution in [-0.2, 0) is 20.7 Å². The Bertz CT molecular complexity index is 465. The Kier molecular flexibility index (Phi) is 9.95. The van der Waals surface area contributed by atoms with E-state index in [1.807, 2.05) is 18.2 Å². The van der Waals surface area contributed by atoms with Crippen molar-refractivity contribution in [2.24, 2.45) is 0 Å². The third-order valence-electron chi connectivity index (χ3n) is 4.34. The minimum Gasteiger partial charge on any atom is -0.381 e. The van der Waals surface area contributed by atoms with E-state index in [1.165, 1.54) is 5.56 Å². The average molecular weight is 357 g/mol. The van der Waals surface area contributed by atoms with Crippen LogP contribution in [0.4, 0.5) is 0 Å². The van der Waals surface area contributed by atoms with Crippen molar-refractivity contribution < 1.29 is 14.3 Å². The highest BCUT2D eigenvalue weighted by Gasteiger charge is 2.39. The van der Waals surface area contributed by atoms with Crippen LogP contribution >= 0.6 is 12.4 Å². The molecule has 2 rings (SSSR count). The molecule has 0 unspecified atom stereocenters. The molecule has 1 aliphatic heterocycles. The molecule has 24 heavy (non-hydrogen) atoms. The van der Waals surface area contributed by atoms with E-state index in [-0.39, 0.29) is 18.3 Å². The highest BCUT2D eigenvalue weighted by atomic mass is 35.5. The lowest BCUT2D eigenvalue weighted by molar-refractivity contribution is -0.146. The Labute approximate surface area is 150 Å². The van der Waals surface area contributed by atoms with Gasteiger partial charge in [0, 0.05) is 20.3 Å². The Morgan fingerprint density at radius 2 is 1.92 bits per heavy atom. The van der Waals surface area contributed by atoms with Crippen molar-refractivity contribution in [2.75, 3.05) is 40.0 Å². The molecule has 0 aliphatic carbocycles. The fourth-order valence-corrected chi connectivity index (χ4v) is 2.83. The smallest absolute Gasteiger partial charge is 0.252 e. The van der Waals surface area contributed by atoms with E-state index in [2.05, 4.69) is 22.8 Å². The van der Waals surface area contributed by atoms with Gasteiger partial charge in [0.15, 0.2) is 0 Å². The van der Waals surface area contributed by atoms with Crippen LogP contribution in [0.25, 0.3) is 0 Å². The molecule has 0 bridgehead atoms. The van der Waals surface area contributed by atoms with Gasteiger partial charge in [-0.3, -0.25) is 4.79 Å². The maximum Gasteiger partial charge on any atom is 0.252 e. The Balaban J connectivity index is 0.00000288. The van der Waals surface area contributed by atoms with Crippen LogP contribution in [0.1, 0.15) is 24.8 Å². The first-order valence-electron chi connectivity index (χ1n) is 8.43. The lowest BCUT2D eigenvalue weighted by Gasteiger charge is -2.34. The number of carbonyl (C=O) groups excluding carboxylic acids is 1. The van der Waals surface area contributed by atoms with E-state index < -0.39 is 5.60 Å². The number of piperidine rings is 1. The molecule has 0 aromatic heterocycles. The third kappa shape index (κ3) is 6.40. The molecule has 2 N–H and O–H groups in total. The molecule has 1 fully saturated rings. The maximum atomic E-state index is 12.3. The summed E-state index contributed by atoms with van der Waals surface area (Å²) in [4.78, 5) is 12.3. The number of rotatable bonds is 9. The van der Waals surface area contributed by atoms with Gasteiger partial charge in [0.25, 0.3) is 5.91 Å². The van der Waals surface area contributed by atoms with Crippen LogP contribution in [-0.4, -0.2) is 51.5 Å². The second-order valence-corrected chi connectivity index (χ2v) is 5.91. The Morgan fingerprint density at radius 1 is 1.21 bits per heavy atom. The van der Waals surface area contributed by atoms with Crippen molar-refractivity contribution in [1.29, 1.82) is 0 Å². The summed E-state index contributed by atoms with van der Waals surface area (Å²) in [7, 11) is 1.62. The number of halogens is 1. The van der Waals surface area contributed by atoms with Crippen LogP contribution in [0.5, 0.6) is 0 Å². The zero-order valence-corrected chi connectivity index (χ0v) is 15.2. The molecule has 0 saturated carbocycles. The molecule has 0 radical (unpaired) electrons. The lowest BCUT2D eigenvalue weighted by atomic mass is 9.91. The van der Waals surface area contributed by atoms with Gasteiger partial charge in [-0.05, 0) is 44.3 Å². The highest BCUT2D eigenvalue weighted by Crippen LogP contribution is 2.22. The van der Waals surface area contributed by atoms with E-state index in [9.17, 15) is 4.79 Å². The second kappa shape index (κ2) is 11.4. The van der Waals surface area contributed by atoms with E-state index in [0.29, 0.717) is 19.8 Å². The number of amides is 1. The fourth-order valence-electron chi connectivity index (χ4n) is 2.83. The molecule has 1 aromatic rings. The van der Waals surface area contributed by atoms with Gasteiger partial charge in [0.1, 0.15) is 5.60 Å². The SMILES string of the molecule is COC1(C(=O)NCCCOCCc2ccccc2)CCNCC1.Cl. The highest BCUT2D eigenvalue weighted by molar-refractivity contribution is 5.85. The largest absolute Gasteiger partial charge is 0.381 e. The van der Waals surface area contributed by atoms with Gasteiger partial charge in [0.2, 0.25) is 0 Å². The molecule has 1 aromatic carbocycles. The first kappa shape index (κ1) is 20.9. The lowest BCUT2D eigenvalue weighted by Crippen LogP contribution is -2.54. The molecule has 0 spiro atoms. The van der Waals surface area contributed by atoms with Crippen LogP contribution in [0.15, 0.2) is 30.3 Å². The van der Waals surface area contributed by atoms with Crippen molar-refractivity contribution in [3.63, 3.8) is 0 Å². The number of methoxy groups -OCH3 is 1. The number of ether oxygens (including phenoxy) is 2. The number of carbonyl (C=O) groups is 1. The number of benzene rings is 1. The summed E-state index contributed by atoms with van der Waals surface area (Å²) < 4.78 is 11.1. The van der Waals surface area contributed by atoms with Crippen molar-refractivity contribution in [3.8, 4) is 0 Å². The minimum atomic E-state index is -0.653. The quantitative estimate of drug-likeness (QED) is 0.664. The van der Waals surface area contributed by atoms with Crippen molar-refractivity contribution in [3.05, 3.63) is 35.9 Å². The first-order chi connectivity index (χ1) is 11.3. The molecule has 1 aliphatic rings. The molecule has 136 valence electrons. The molecular weight excluding hydrogens is 328 g/mol. The second-order valence-electron chi connectivity index (χ2n) is 5.91. The van der Waals surface area contributed by atoms with Gasteiger partial charge in [-0.1, -0.05) is 30.3 Å². The van der Waals surface area contributed by atoms with Gasteiger partial charge in [0.05, 0.1) is 6.61 Å². The van der Waals surface area contributed by atoms with Crippen LogP contribution in [0.3, 0.4) is 0 Å². The van der Waals surface area contributed by atoms with Gasteiger partial charge in [-0.2, -0.15) is 0 Å². The zero-order chi connectivity index (χ0) is 16.4. The number of hydrogen-bond acceptors (Lipinski definition) is 4. The zero-order valence-electron chi connectivity index (χ0n) is 14.4. The van der Waals surface area contributed by atoms with E-state index in [0.717, 1.165) is 38.8 Å². The summed E-state index contributed by atoms with van der Waals surface area (Å²) in [5, 5.41) is 6.23. The normalized spacial score (nSPS) is 16.2. The standard InChI is InChI=1S/C18H28N2O3.ClH/c1-22-18(9-12-19-13-10-18)17(21)20-11-5-14-23-15-8-16-6-3-2-4-7-16;/h2-4,6-7,19H,5,8-15H2,1H3,(H,20,21);1H. The van der Waals surface area contributed by atoms with E-state index in [1.54, 1.807) is 7.11 Å². The predicted octanol–water partition coefficient (Wildman–Crippen LogP) is 1.94. The first-order valence-corrected chi connectivity index (χ1v) is 8.43. The van der Waals surface area contributed by atoms with Crippen molar-refractivity contribution in [1.82, 2.24) is 10.6 Å². The fraction of sp³-hybridized carbons (Fsp3) is 0.611. The van der Waals surface area contributed by atoms with Crippen molar-refractivity contribution >= 4 is 18.3 Å².